The Balaban J connectivity index is 0.885. The van der Waals surface area contributed by atoms with Crippen LogP contribution in [0.5, 0.6) is 0 Å². The molecule has 0 spiro atoms. The average Bonchev–Trinajstić information content (AvgIpc) is 3.84. The zero-order chi connectivity index (χ0) is 41.6. The van der Waals surface area contributed by atoms with Gasteiger partial charge in [0.1, 0.15) is 17.6 Å². The van der Waals surface area contributed by atoms with E-state index in [0.717, 1.165) is 89.6 Å². The maximum atomic E-state index is 14.6. The molecule has 0 saturated carbocycles. The van der Waals surface area contributed by atoms with Gasteiger partial charge in [-0.3, -0.25) is 39.1 Å². The van der Waals surface area contributed by atoms with Crippen LogP contribution in [0, 0.1) is 25.5 Å². The third-order valence-corrected chi connectivity index (χ3v) is 13.0. The smallest absolute Gasteiger partial charge is 0.262 e. The van der Waals surface area contributed by atoms with Gasteiger partial charge in [0.25, 0.3) is 11.8 Å². The van der Waals surface area contributed by atoms with Crippen LogP contribution in [0.15, 0.2) is 59.1 Å². The van der Waals surface area contributed by atoms with Gasteiger partial charge in [-0.1, -0.05) is 11.2 Å². The second kappa shape index (κ2) is 14.5. The number of fused-ring (bicyclic) bond motifs is 2. The normalized spacial score (nSPS) is 21.9. The zero-order valence-electron chi connectivity index (χ0n) is 33.1. The van der Waals surface area contributed by atoms with Gasteiger partial charge >= 0.3 is 0 Å². The quantitative estimate of drug-likeness (QED) is 0.200. The first-order valence-electron chi connectivity index (χ1n) is 20.5. The number of carbonyl (C=O) groups is 5. The topological polar surface area (TPSA) is 154 Å². The first-order valence-corrected chi connectivity index (χ1v) is 20.5. The summed E-state index contributed by atoms with van der Waals surface area (Å²) in [6, 6.07) is 13.8. The number of nitrogens with zero attached hydrogens (tertiary/aromatic N) is 7. The SMILES string of the molecule is Cc1noc(C)c1-c1ccc2c(c1)nc(C1CCCC(=O)N1c1ccc(F)c(F)c1)n2C1CCN(C2CN(c3ccc4c(c3)C(=O)N(C3CCC(=O)NC3=O)C4=O)C2)CC1. The number of imide groups is 2. The highest BCUT2D eigenvalue weighted by Crippen LogP contribution is 2.42. The molecule has 4 saturated heterocycles. The standard InChI is InChI=1S/C44H42F2N8O6/c1-23-40(24(2)60-49-23)25-6-11-35-34(18-25)47-41(36-4-3-5-39(56)52(36)28-8-10-32(45)33(46)20-28)53(35)26-14-16-50(17-15-26)29-21-51(22-29)27-7-9-30-31(19-27)44(59)54(43(30)58)37-12-13-38(55)48-42(37)57/h6-11,18-20,26,29,36-37H,3-5,12-17,21-22H2,1-2H3,(H,48,55,57). The molecule has 5 aliphatic heterocycles. The molecule has 4 fully saturated rings. The lowest BCUT2D eigenvalue weighted by Crippen LogP contribution is -2.61. The molecule has 5 amide bonds. The lowest BCUT2D eigenvalue weighted by molar-refractivity contribution is -0.136. The number of hydrogen-bond donors (Lipinski definition) is 1. The van der Waals surface area contributed by atoms with E-state index in [1.54, 1.807) is 17.0 Å². The van der Waals surface area contributed by atoms with Gasteiger partial charge in [-0.25, -0.2) is 13.8 Å². The number of imidazole rings is 1. The van der Waals surface area contributed by atoms with Gasteiger partial charge in [-0.15, -0.1) is 0 Å². The van der Waals surface area contributed by atoms with Crippen molar-refractivity contribution in [2.45, 2.75) is 83.0 Å². The summed E-state index contributed by atoms with van der Waals surface area (Å²) in [5.74, 6) is -2.84. The third kappa shape index (κ3) is 6.18. The van der Waals surface area contributed by atoms with Crippen molar-refractivity contribution in [2.75, 3.05) is 36.0 Å². The van der Waals surface area contributed by atoms with E-state index in [1.165, 1.54) is 6.07 Å². The Morgan fingerprint density at radius 3 is 2.25 bits per heavy atom. The van der Waals surface area contributed by atoms with Crippen LogP contribution >= 0.6 is 0 Å². The lowest BCUT2D eigenvalue weighted by Gasteiger charge is -2.49. The lowest BCUT2D eigenvalue weighted by atomic mass is 9.96. The average molecular weight is 817 g/mol. The minimum Gasteiger partial charge on any atom is -0.368 e. The highest BCUT2D eigenvalue weighted by atomic mass is 19.2. The highest BCUT2D eigenvalue weighted by molar-refractivity contribution is 6.23. The first-order chi connectivity index (χ1) is 28.9. The number of likely N-dealkylation sites (tertiary alicyclic amines) is 1. The van der Waals surface area contributed by atoms with Crippen LogP contribution in [0.1, 0.15) is 95.0 Å². The Labute approximate surface area is 343 Å². The van der Waals surface area contributed by atoms with Gasteiger partial charge in [-0.2, -0.15) is 0 Å². The summed E-state index contributed by atoms with van der Waals surface area (Å²) >= 11 is 0. The fourth-order valence-corrected chi connectivity index (χ4v) is 9.92. The van der Waals surface area contributed by atoms with Crippen molar-refractivity contribution in [3.05, 3.63) is 94.6 Å². The predicted molar refractivity (Wildman–Crippen MR) is 214 cm³/mol. The second-order valence-electron chi connectivity index (χ2n) is 16.5. The Morgan fingerprint density at radius 2 is 1.52 bits per heavy atom. The van der Waals surface area contributed by atoms with Gasteiger partial charge in [0.2, 0.25) is 17.7 Å². The summed E-state index contributed by atoms with van der Waals surface area (Å²) in [6.45, 7) is 6.87. The summed E-state index contributed by atoms with van der Waals surface area (Å²) < 4.78 is 36.4. The van der Waals surface area contributed by atoms with Crippen LogP contribution in [0.4, 0.5) is 20.2 Å². The number of carbonyl (C=O) groups excluding carboxylic acids is 5. The van der Waals surface area contributed by atoms with Crippen molar-refractivity contribution in [1.29, 1.82) is 0 Å². The maximum absolute atomic E-state index is 14.6. The molecular formula is C44H42F2N8O6. The largest absolute Gasteiger partial charge is 0.368 e. The number of piperidine rings is 3. The summed E-state index contributed by atoms with van der Waals surface area (Å²) in [6.07, 6.45) is 3.35. The highest BCUT2D eigenvalue weighted by Gasteiger charge is 2.45. The molecule has 16 heteroatoms. The fraction of sp³-hybridized carbons (Fsp3) is 0.386. The number of benzene rings is 3. The van der Waals surface area contributed by atoms with Crippen LogP contribution < -0.4 is 15.1 Å². The van der Waals surface area contributed by atoms with Gasteiger partial charge in [0.15, 0.2) is 11.6 Å². The first kappa shape index (κ1) is 37.9. The number of nitrogens with one attached hydrogen (secondary N) is 1. The zero-order valence-corrected chi connectivity index (χ0v) is 33.1. The van der Waals surface area contributed by atoms with Crippen LogP contribution in [0.2, 0.25) is 0 Å². The molecule has 2 aromatic heterocycles. The van der Waals surface area contributed by atoms with Crippen molar-refractivity contribution in [2.24, 2.45) is 0 Å². The summed E-state index contributed by atoms with van der Waals surface area (Å²) in [4.78, 5) is 77.0. The Morgan fingerprint density at radius 1 is 0.750 bits per heavy atom. The van der Waals surface area contributed by atoms with E-state index >= 15 is 0 Å². The maximum Gasteiger partial charge on any atom is 0.262 e. The Kier molecular flexibility index (Phi) is 9.15. The van der Waals surface area contributed by atoms with Crippen molar-refractivity contribution in [3.8, 4) is 11.1 Å². The van der Waals surface area contributed by atoms with Gasteiger partial charge in [0.05, 0.1) is 33.9 Å². The van der Waals surface area contributed by atoms with Crippen LogP contribution in [-0.4, -0.2) is 92.3 Å². The number of aryl methyl sites for hydroxylation is 2. The molecule has 0 radical (unpaired) electrons. The molecule has 2 unspecified atom stereocenters. The minimum atomic E-state index is -1.01. The molecular weight excluding hydrogens is 775 g/mol. The van der Waals surface area contributed by atoms with E-state index in [1.807, 2.05) is 32.0 Å². The molecule has 0 aliphatic carbocycles. The Bertz CT molecular complexity index is 2620. The summed E-state index contributed by atoms with van der Waals surface area (Å²) in [5.41, 5.74) is 5.92. The number of aromatic nitrogens is 3. The molecule has 308 valence electrons. The van der Waals surface area contributed by atoms with E-state index in [2.05, 4.69) is 30.9 Å². The summed E-state index contributed by atoms with van der Waals surface area (Å²) in [7, 11) is 0. The molecule has 5 aromatic rings. The van der Waals surface area contributed by atoms with Gasteiger partial charge < -0.3 is 18.9 Å². The van der Waals surface area contributed by atoms with E-state index in [9.17, 15) is 32.8 Å². The van der Waals surface area contributed by atoms with E-state index in [-0.39, 0.29) is 42.0 Å². The number of rotatable bonds is 7. The molecule has 7 heterocycles. The van der Waals surface area contributed by atoms with Crippen LogP contribution in [-0.2, 0) is 14.4 Å². The summed E-state index contributed by atoms with van der Waals surface area (Å²) in [5, 5.41) is 6.38. The van der Waals surface area contributed by atoms with Gasteiger partial charge in [-0.05, 0) is 94.0 Å². The van der Waals surface area contributed by atoms with E-state index < -0.39 is 47.3 Å². The number of amides is 5. The molecule has 14 nitrogen and oxygen atoms in total. The molecule has 5 aliphatic rings. The minimum absolute atomic E-state index is 0.0544. The predicted octanol–water partition coefficient (Wildman–Crippen LogP) is 5.77. The van der Waals surface area contributed by atoms with Crippen molar-refractivity contribution in [3.63, 3.8) is 0 Å². The molecule has 0 bridgehead atoms. The molecule has 60 heavy (non-hydrogen) atoms. The Hall–Kier alpha value is -6.29. The van der Waals surface area contributed by atoms with E-state index in [0.29, 0.717) is 36.5 Å². The van der Waals surface area contributed by atoms with E-state index in [4.69, 9.17) is 9.51 Å². The van der Waals surface area contributed by atoms with Crippen molar-refractivity contribution in [1.82, 2.24) is 29.8 Å². The van der Waals surface area contributed by atoms with Crippen LogP contribution in [0.3, 0.4) is 0 Å². The van der Waals surface area contributed by atoms with Crippen LogP contribution in [0.25, 0.3) is 22.2 Å². The third-order valence-electron chi connectivity index (χ3n) is 13.0. The van der Waals surface area contributed by atoms with Crippen molar-refractivity contribution < 1.29 is 37.3 Å². The molecule has 3 aromatic carbocycles. The molecule has 2 atom stereocenters. The number of hydrogen-bond acceptors (Lipinski definition) is 10. The second-order valence-corrected chi connectivity index (χ2v) is 16.5. The number of anilines is 2. The van der Waals surface area contributed by atoms with Gasteiger partial charge in [0, 0.05) is 74.1 Å². The molecule has 1 N–H and O–H groups in total. The monoisotopic (exact) mass is 816 g/mol. The van der Waals surface area contributed by atoms with Crippen molar-refractivity contribution >= 4 is 51.9 Å². The fourth-order valence-electron chi connectivity index (χ4n) is 9.92. The number of halogens is 2. The molecule has 10 rings (SSSR count).